The second kappa shape index (κ2) is 7.81. The van der Waals surface area contributed by atoms with Crippen LogP contribution in [-0.2, 0) is 9.59 Å². The molecule has 0 aromatic heterocycles. The van der Waals surface area contributed by atoms with Gasteiger partial charge in [-0.3, -0.25) is 9.59 Å². The smallest absolute Gasteiger partial charge is 0.249 e. The minimum absolute atomic E-state index is 0. The van der Waals surface area contributed by atoms with Gasteiger partial charge in [0.2, 0.25) is 5.91 Å². The van der Waals surface area contributed by atoms with Gasteiger partial charge in [0.05, 0.1) is 17.8 Å². The average molecular weight is 401 g/mol. The van der Waals surface area contributed by atoms with Gasteiger partial charge in [0, 0.05) is 36.9 Å². The van der Waals surface area contributed by atoms with Gasteiger partial charge >= 0.3 is 0 Å². The van der Waals surface area contributed by atoms with E-state index in [9.17, 15) is 9.59 Å². The maximum absolute atomic E-state index is 12.9. The lowest BCUT2D eigenvalue weighted by Gasteiger charge is -2.33. The van der Waals surface area contributed by atoms with Gasteiger partial charge in [-0.25, -0.2) is 0 Å². The van der Waals surface area contributed by atoms with Crippen LogP contribution >= 0.6 is 12.4 Å². The van der Waals surface area contributed by atoms with Gasteiger partial charge in [-0.2, -0.15) is 0 Å². The van der Waals surface area contributed by atoms with E-state index in [0.29, 0.717) is 12.1 Å². The molecule has 0 saturated carbocycles. The highest BCUT2D eigenvalue weighted by molar-refractivity contribution is 6.03. The molecule has 0 radical (unpaired) electrons. The Morgan fingerprint density at radius 3 is 2.82 bits per heavy atom. The average Bonchev–Trinajstić information content (AvgIpc) is 2.92. The van der Waals surface area contributed by atoms with Crippen LogP contribution in [0.1, 0.15) is 0 Å². The monoisotopic (exact) mass is 400 g/mol. The summed E-state index contributed by atoms with van der Waals surface area (Å²) in [6.45, 7) is 1.37. The fraction of sp³-hybridized carbons (Fsp3) is 0.333. The Kier molecular flexibility index (Phi) is 5.63. The van der Waals surface area contributed by atoms with Crippen LogP contribution in [0.4, 0.5) is 0 Å². The number of halogens is 1. The van der Waals surface area contributed by atoms with E-state index in [0.717, 1.165) is 29.0 Å². The number of rotatable bonds is 4. The molecule has 6 nitrogen and oxygen atoms in total. The highest BCUT2D eigenvalue weighted by Gasteiger charge is 2.42. The van der Waals surface area contributed by atoms with E-state index >= 15 is 0 Å². The third-order valence-electron chi connectivity index (χ3n) is 5.33. The molecule has 0 fully saturated rings. The molecule has 2 unspecified atom stereocenters. The number of nitrogens with one attached hydrogen (secondary N) is 2. The highest BCUT2D eigenvalue weighted by Crippen LogP contribution is 2.44. The lowest BCUT2D eigenvalue weighted by molar-refractivity contribution is -0.117. The summed E-state index contributed by atoms with van der Waals surface area (Å²) in [5, 5.41) is 6.33. The zero-order valence-electron chi connectivity index (χ0n) is 16.2. The van der Waals surface area contributed by atoms with E-state index in [4.69, 9.17) is 0 Å². The predicted octanol–water partition coefficient (Wildman–Crippen LogP) is 1.07. The largest absolute Gasteiger partial charge is 0.380 e. The fourth-order valence-electron chi connectivity index (χ4n) is 4.02. The summed E-state index contributed by atoms with van der Waals surface area (Å²) in [4.78, 5) is 29.1. The highest BCUT2D eigenvalue weighted by atomic mass is 35.5. The topological polar surface area (TPSA) is 64.7 Å². The number of fused-ring (bicyclic) bond motifs is 4. The third-order valence-corrected chi connectivity index (χ3v) is 5.33. The molecule has 0 aromatic carbocycles. The van der Waals surface area contributed by atoms with Gasteiger partial charge in [0.1, 0.15) is 0 Å². The summed E-state index contributed by atoms with van der Waals surface area (Å²) in [7, 11) is 5.99. The van der Waals surface area contributed by atoms with Crippen molar-refractivity contribution >= 4 is 24.1 Å². The lowest BCUT2D eigenvalue weighted by atomic mass is 9.83. The Balaban J connectivity index is 0.00000225. The number of carbonyl (C=O) groups is 2. The predicted molar refractivity (Wildman–Crippen MR) is 112 cm³/mol. The minimum Gasteiger partial charge on any atom is -0.380 e. The van der Waals surface area contributed by atoms with E-state index in [1.807, 2.05) is 50.5 Å². The van der Waals surface area contributed by atoms with Crippen molar-refractivity contribution in [2.45, 2.75) is 12.1 Å². The summed E-state index contributed by atoms with van der Waals surface area (Å²) >= 11 is 0. The molecule has 2 N–H and O–H groups in total. The molecule has 2 aliphatic carbocycles. The summed E-state index contributed by atoms with van der Waals surface area (Å²) < 4.78 is 0. The molecule has 2 atom stereocenters. The number of ketones is 1. The number of carbonyl (C=O) groups excluding carboxylic acids is 2. The quantitative estimate of drug-likeness (QED) is 0.739. The molecule has 0 bridgehead atoms. The van der Waals surface area contributed by atoms with Gasteiger partial charge in [-0.1, -0.05) is 12.2 Å². The number of nitrogens with zero attached hydrogens (tertiary/aromatic N) is 2. The summed E-state index contributed by atoms with van der Waals surface area (Å²) in [6, 6.07) is -0.149. The van der Waals surface area contributed by atoms with Gasteiger partial charge in [0.15, 0.2) is 5.78 Å². The molecule has 2 heterocycles. The first kappa shape index (κ1) is 20.2. The molecule has 0 spiro atoms. The Hall–Kier alpha value is -2.57. The summed E-state index contributed by atoms with van der Waals surface area (Å²) in [5.74, 6) is -0.0852. The number of allylic oxidation sites excluding steroid dienone is 5. The van der Waals surface area contributed by atoms with Crippen molar-refractivity contribution in [3.63, 3.8) is 0 Å². The molecular weight excluding hydrogens is 376 g/mol. The first-order chi connectivity index (χ1) is 13.0. The van der Waals surface area contributed by atoms with E-state index in [1.54, 1.807) is 12.2 Å². The van der Waals surface area contributed by atoms with Crippen molar-refractivity contribution in [3.05, 3.63) is 70.6 Å². The third kappa shape index (κ3) is 3.34. The molecule has 148 valence electrons. The van der Waals surface area contributed by atoms with Gasteiger partial charge < -0.3 is 20.4 Å². The number of hydrogen-bond donors (Lipinski definition) is 2. The van der Waals surface area contributed by atoms with Crippen LogP contribution in [0.25, 0.3) is 0 Å². The molecular formula is C21H25ClN4O2. The molecule has 0 aromatic rings. The molecule has 28 heavy (non-hydrogen) atoms. The van der Waals surface area contributed by atoms with Crippen molar-refractivity contribution < 1.29 is 9.59 Å². The van der Waals surface area contributed by atoms with E-state index < -0.39 is 0 Å². The van der Waals surface area contributed by atoms with Crippen LogP contribution in [-0.4, -0.2) is 67.8 Å². The SMILES string of the molecule is CN(C)CCNC(=O)C1=CC2=C(C3=CC=CNC13)N(C)C1C=CC(=O)C=C21.Cl. The number of amides is 1. The van der Waals surface area contributed by atoms with Crippen LogP contribution in [0.15, 0.2) is 70.6 Å². The van der Waals surface area contributed by atoms with Crippen LogP contribution < -0.4 is 10.6 Å². The minimum atomic E-state index is -0.184. The van der Waals surface area contributed by atoms with E-state index in [2.05, 4.69) is 21.6 Å². The van der Waals surface area contributed by atoms with Crippen LogP contribution in [0.3, 0.4) is 0 Å². The van der Waals surface area contributed by atoms with Crippen LogP contribution in [0.2, 0.25) is 0 Å². The molecule has 0 saturated heterocycles. The standard InChI is InChI=1S/C21H24N4O2.ClH/c1-24(2)10-9-23-21(27)17-12-16-15-11-13(26)6-7-18(15)25(3)20(16)14-5-4-8-22-19(14)17;/h4-8,11-12,18-19,22H,9-10H2,1-3H3,(H,23,27);1H. The second-order valence-corrected chi connectivity index (χ2v) is 7.42. The Labute approximate surface area is 171 Å². The van der Waals surface area contributed by atoms with Gasteiger partial charge in [0.25, 0.3) is 0 Å². The lowest BCUT2D eigenvalue weighted by Crippen LogP contribution is -2.43. The van der Waals surface area contributed by atoms with Crippen molar-refractivity contribution in [3.8, 4) is 0 Å². The van der Waals surface area contributed by atoms with Gasteiger partial charge in [-0.05, 0) is 50.2 Å². The zero-order chi connectivity index (χ0) is 19.1. The van der Waals surface area contributed by atoms with Crippen molar-refractivity contribution in [1.29, 1.82) is 0 Å². The Bertz CT molecular complexity index is 892. The number of likely N-dealkylation sites (N-methyl/N-ethyl adjacent to an activating group) is 2. The van der Waals surface area contributed by atoms with Crippen molar-refractivity contribution in [2.75, 3.05) is 34.2 Å². The van der Waals surface area contributed by atoms with Crippen LogP contribution in [0, 0.1) is 0 Å². The Morgan fingerprint density at radius 1 is 1.29 bits per heavy atom. The Morgan fingerprint density at radius 2 is 2.07 bits per heavy atom. The number of hydrogen-bond acceptors (Lipinski definition) is 5. The first-order valence-corrected chi connectivity index (χ1v) is 9.16. The summed E-state index contributed by atoms with van der Waals surface area (Å²) in [6.07, 6.45) is 13.1. The molecule has 4 aliphatic rings. The van der Waals surface area contributed by atoms with Crippen molar-refractivity contribution in [2.24, 2.45) is 0 Å². The van der Waals surface area contributed by atoms with Crippen LogP contribution in [0.5, 0.6) is 0 Å². The second-order valence-electron chi connectivity index (χ2n) is 7.42. The number of dihydropyridines is 1. The van der Waals surface area contributed by atoms with E-state index in [-0.39, 0.29) is 36.2 Å². The maximum Gasteiger partial charge on any atom is 0.249 e. The summed E-state index contributed by atoms with van der Waals surface area (Å²) in [5.41, 5.74) is 4.76. The van der Waals surface area contributed by atoms with E-state index in [1.165, 1.54) is 0 Å². The normalized spacial score (nSPS) is 24.5. The molecule has 4 rings (SSSR count). The molecule has 7 heteroatoms. The fourth-order valence-corrected chi connectivity index (χ4v) is 4.02. The molecule has 2 aliphatic heterocycles. The zero-order valence-corrected chi connectivity index (χ0v) is 17.0. The maximum atomic E-state index is 12.9. The van der Waals surface area contributed by atoms with Gasteiger partial charge in [-0.15, -0.1) is 12.4 Å². The van der Waals surface area contributed by atoms with Crippen molar-refractivity contribution in [1.82, 2.24) is 20.4 Å². The molecule has 1 amide bonds. The first-order valence-electron chi connectivity index (χ1n) is 9.16.